The summed E-state index contributed by atoms with van der Waals surface area (Å²) in [6, 6.07) is 12.7. The van der Waals surface area contributed by atoms with Crippen LogP contribution in [-0.4, -0.2) is 59.7 Å². The Hall–Kier alpha value is -3.71. The van der Waals surface area contributed by atoms with Crippen molar-refractivity contribution in [2.75, 3.05) is 19.7 Å². The van der Waals surface area contributed by atoms with Crippen molar-refractivity contribution in [2.24, 2.45) is 10.9 Å². The third-order valence-corrected chi connectivity index (χ3v) is 6.52. The maximum Gasteiger partial charge on any atom is 0.245 e. The van der Waals surface area contributed by atoms with Gasteiger partial charge in [0.1, 0.15) is 11.8 Å². The number of carbonyl (C=O) groups excluding carboxylic acids is 1. The predicted octanol–water partition coefficient (Wildman–Crippen LogP) is 2.94. The number of nitrogens with one attached hydrogen (secondary N) is 1. The molecule has 2 aromatic rings. The monoisotopic (exact) mass is 519 g/mol. The molecule has 1 heterocycles. The molecule has 0 spiro atoms. The van der Waals surface area contributed by atoms with Crippen molar-refractivity contribution in [3.63, 3.8) is 0 Å². The number of amides is 1. The highest BCUT2D eigenvalue weighted by atomic mass is 16.6. The maximum absolute atomic E-state index is 12.6. The molecule has 2 atom stereocenters. The Morgan fingerprint density at radius 1 is 1.16 bits per heavy atom. The van der Waals surface area contributed by atoms with Crippen LogP contribution in [0.5, 0.6) is 5.75 Å². The average Bonchev–Trinajstić information content (AvgIpc) is 3.13. The van der Waals surface area contributed by atoms with Crippen LogP contribution in [0.1, 0.15) is 55.5 Å². The molecule has 4 N–H and O–H groups in total. The molecule has 1 amide bonds. The van der Waals surface area contributed by atoms with E-state index >= 15 is 0 Å². The standard InChI is InChI=1S/C29H37N5O4/c1-18(2)37-27-9-8-25(15-26(27)16-30)29(38-31)33-20(4)23-7-6-22-10-12-34(13-11-24(22)14-23)21(5)28(36)32-19(3)17-35/h6-9,14-15,18-19,21,35H,4,10-13,17,31H2,1-3,5H3,(H,32,36)/b33-29-/t19-,21?/m1/s1. The van der Waals surface area contributed by atoms with E-state index in [1.165, 1.54) is 11.1 Å². The quantitative estimate of drug-likeness (QED) is 0.264. The number of aliphatic imine (C=N–C) groups is 1. The van der Waals surface area contributed by atoms with E-state index in [4.69, 9.17) is 15.5 Å². The number of hydrogen-bond acceptors (Lipinski definition) is 8. The summed E-state index contributed by atoms with van der Waals surface area (Å²) >= 11 is 0. The molecule has 0 radical (unpaired) electrons. The zero-order chi connectivity index (χ0) is 27.8. The number of nitrogens with two attached hydrogens (primary N) is 1. The Morgan fingerprint density at radius 3 is 2.47 bits per heavy atom. The van der Waals surface area contributed by atoms with Gasteiger partial charge in [0.2, 0.25) is 11.8 Å². The summed E-state index contributed by atoms with van der Waals surface area (Å²) in [4.78, 5) is 24.3. The molecule has 9 heteroatoms. The van der Waals surface area contributed by atoms with E-state index in [9.17, 15) is 15.2 Å². The molecule has 9 nitrogen and oxygen atoms in total. The number of fused-ring (bicyclic) bond motifs is 1. The van der Waals surface area contributed by atoms with Gasteiger partial charge in [0, 0.05) is 24.7 Å². The number of nitriles is 1. The maximum atomic E-state index is 12.6. The number of hydrogen-bond donors (Lipinski definition) is 3. The summed E-state index contributed by atoms with van der Waals surface area (Å²) < 4.78 is 5.69. The van der Waals surface area contributed by atoms with Gasteiger partial charge in [0.15, 0.2) is 0 Å². The molecule has 0 saturated carbocycles. The number of benzene rings is 2. The minimum atomic E-state index is -0.294. The van der Waals surface area contributed by atoms with Crippen LogP contribution < -0.4 is 16.0 Å². The lowest BCUT2D eigenvalue weighted by molar-refractivity contribution is -0.126. The number of ether oxygens (including phenoxy) is 1. The Morgan fingerprint density at radius 2 is 1.84 bits per heavy atom. The van der Waals surface area contributed by atoms with E-state index in [0.717, 1.165) is 31.5 Å². The molecular formula is C29H37N5O4. The van der Waals surface area contributed by atoms with Crippen LogP contribution in [0.4, 0.5) is 0 Å². The van der Waals surface area contributed by atoms with Gasteiger partial charge >= 0.3 is 0 Å². The van der Waals surface area contributed by atoms with E-state index < -0.39 is 0 Å². The highest BCUT2D eigenvalue weighted by molar-refractivity contribution is 5.97. The largest absolute Gasteiger partial charge is 0.490 e. The zero-order valence-electron chi connectivity index (χ0n) is 22.5. The summed E-state index contributed by atoms with van der Waals surface area (Å²) in [5, 5.41) is 21.6. The SMILES string of the molecule is C=C(/N=C(\ON)c1ccc(OC(C)C)c(C#N)c1)c1ccc2c(c1)CCN(C(C)C(=O)N[C@H](C)CO)CC2. The van der Waals surface area contributed by atoms with Crippen LogP contribution in [0.2, 0.25) is 0 Å². The van der Waals surface area contributed by atoms with Crippen molar-refractivity contribution >= 4 is 17.5 Å². The van der Waals surface area contributed by atoms with E-state index in [0.29, 0.717) is 22.6 Å². The number of aliphatic hydroxyl groups excluding tert-OH is 1. The van der Waals surface area contributed by atoms with Crippen LogP contribution >= 0.6 is 0 Å². The third kappa shape index (κ3) is 7.19. The Kier molecular flexibility index (Phi) is 10.0. The molecular weight excluding hydrogens is 482 g/mol. The average molecular weight is 520 g/mol. The summed E-state index contributed by atoms with van der Waals surface area (Å²) in [5.41, 5.74) is 4.59. The molecule has 38 heavy (non-hydrogen) atoms. The third-order valence-electron chi connectivity index (χ3n) is 6.52. The Labute approximate surface area is 224 Å². The molecule has 202 valence electrons. The summed E-state index contributed by atoms with van der Waals surface area (Å²) in [7, 11) is 0. The summed E-state index contributed by atoms with van der Waals surface area (Å²) in [5.74, 6) is 6.08. The minimum absolute atomic E-state index is 0.0674. The lowest BCUT2D eigenvalue weighted by Crippen LogP contribution is -2.49. The summed E-state index contributed by atoms with van der Waals surface area (Å²) in [6.45, 7) is 13.0. The van der Waals surface area contributed by atoms with Gasteiger partial charge in [0.05, 0.1) is 30.0 Å². The first-order valence-corrected chi connectivity index (χ1v) is 12.8. The van der Waals surface area contributed by atoms with Gasteiger partial charge < -0.3 is 20.0 Å². The van der Waals surface area contributed by atoms with Crippen molar-refractivity contribution < 1.29 is 19.5 Å². The van der Waals surface area contributed by atoms with Crippen molar-refractivity contribution in [3.05, 3.63) is 70.8 Å². The van der Waals surface area contributed by atoms with E-state index in [1.807, 2.05) is 26.8 Å². The second kappa shape index (κ2) is 13.2. The van der Waals surface area contributed by atoms with Gasteiger partial charge in [0.25, 0.3) is 0 Å². The van der Waals surface area contributed by atoms with Crippen LogP contribution in [0.3, 0.4) is 0 Å². The smallest absolute Gasteiger partial charge is 0.245 e. The van der Waals surface area contributed by atoms with Crippen LogP contribution in [0.15, 0.2) is 48.0 Å². The lowest BCUT2D eigenvalue weighted by Gasteiger charge is -2.27. The predicted molar refractivity (Wildman–Crippen MR) is 147 cm³/mol. The van der Waals surface area contributed by atoms with Crippen molar-refractivity contribution in [1.82, 2.24) is 10.2 Å². The fraction of sp³-hybridized carbons (Fsp3) is 0.414. The fourth-order valence-corrected chi connectivity index (χ4v) is 4.34. The normalized spacial score (nSPS) is 15.6. The lowest BCUT2D eigenvalue weighted by atomic mass is 9.99. The summed E-state index contributed by atoms with van der Waals surface area (Å²) in [6.07, 6.45) is 1.52. The molecule has 1 aliphatic heterocycles. The number of nitrogens with zero attached hydrogens (tertiary/aromatic N) is 3. The van der Waals surface area contributed by atoms with Gasteiger partial charge in [-0.3, -0.25) is 9.69 Å². The highest BCUT2D eigenvalue weighted by Gasteiger charge is 2.24. The molecule has 0 saturated heterocycles. The molecule has 1 unspecified atom stereocenters. The van der Waals surface area contributed by atoms with Crippen LogP contribution in [0, 0.1) is 11.3 Å². The van der Waals surface area contributed by atoms with Crippen molar-refractivity contribution in [1.29, 1.82) is 5.26 Å². The number of rotatable bonds is 9. The molecule has 2 aromatic carbocycles. The number of aliphatic hydroxyl groups is 1. The molecule has 1 aliphatic rings. The molecule has 3 rings (SSSR count). The zero-order valence-corrected chi connectivity index (χ0v) is 22.5. The van der Waals surface area contributed by atoms with Gasteiger partial charge in [-0.05, 0) is 81.5 Å². The first-order valence-electron chi connectivity index (χ1n) is 12.8. The molecule has 0 bridgehead atoms. The van der Waals surface area contributed by atoms with E-state index in [2.05, 4.69) is 40.0 Å². The number of carbonyl (C=O) groups is 1. The van der Waals surface area contributed by atoms with Crippen LogP contribution in [0.25, 0.3) is 5.70 Å². The van der Waals surface area contributed by atoms with Gasteiger partial charge in [-0.1, -0.05) is 18.7 Å². The van der Waals surface area contributed by atoms with E-state index in [-0.39, 0.29) is 36.6 Å². The van der Waals surface area contributed by atoms with Gasteiger partial charge in [-0.2, -0.15) is 11.2 Å². The highest BCUT2D eigenvalue weighted by Crippen LogP contribution is 2.25. The first-order chi connectivity index (χ1) is 18.2. The molecule has 0 aliphatic carbocycles. The fourth-order valence-electron chi connectivity index (χ4n) is 4.34. The Bertz CT molecular complexity index is 1230. The topological polar surface area (TPSA) is 133 Å². The van der Waals surface area contributed by atoms with Crippen LogP contribution in [-0.2, 0) is 22.5 Å². The second-order valence-corrected chi connectivity index (χ2v) is 9.76. The van der Waals surface area contributed by atoms with Crippen molar-refractivity contribution in [3.8, 4) is 11.8 Å². The first kappa shape index (κ1) is 28.9. The van der Waals surface area contributed by atoms with Gasteiger partial charge in [-0.15, -0.1) is 0 Å². The minimum Gasteiger partial charge on any atom is -0.490 e. The second-order valence-electron chi connectivity index (χ2n) is 9.76. The molecule has 0 aromatic heterocycles. The Balaban J connectivity index is 1.76. The molecule has 0 fully saturated rings. The van der Waals surface area contributed by atoms with Crippen molar-refractivity contribution in [2.45, 2.75) is 58.7 Å². The van der Waals surface area contributed by atoms with Gasteiger partial charge in [-0.25, -0.2) is 4.99 Å². The van der Waals surface area contributed by atoms with E-state index in [1.54, 1.807) is 25.1 Å².